The van der Waals surface area contributed by atoms with Gasteiger partial charge in [-0.3, -0.25) is 10.1 Å². The molecule has 0 bridgehead atoms. The van der Waals surface area contributed by atoms with Gasteiger partial charge in [-0.2, -0.15) is 0 Å². The van der Waals surface area contributed by atoms with E-state index in [-0.39, 0.29) is 18.7 Å². The maximum atomic E-state index is 10.1. The molecule has 0 aliphatic heterocycles. The molecular weight excluding hydrogens is 238 g/mol. The second-order valence-corrected chi connectivity index (χ2v) is 3.50. The molecule has 1 aromatic rings. The fourth-order valence-electron chi connectivity index (χ4n) is 0.960. The lowest BCUT2D eigenvalue weighted by atomic mass is 10.1. The summed E-state index contributed by atoms with van der Waals surface area (Å²) < 4.78 is 0.759. The van der Waals surface area contributed by atoms with Crippen molar-refractivity contribution in [3.8, 4) is 5.75 Å². The van der Waals surface area contributed by atoms with E-state index >= 15 is 0 Å². The standard InChI is InChI=1S/C8H8BrNO3/c9-7-2-1-6(8(11)5-7)3-4-10(12)13/h1-2,5,11H,3-4H2. The predicted octanol–water partition coefficient (Wildman–Crippen LogP) is 1.97. The van der Waals surface area contributed by atoms with E-state index in [9.17, 15) is 15.2 Å². The van der Waals surface area contributed by atoms with Crippen LogP contribution in [-0.2, 0) is 6.42 Å². The molecule has 0 saturated carbocycles. The number of phenols is 1. The summed E-state index contributed by atoms with van der Waals surface area (Å²) >= 11 is 3.18. The minimum atomic E-state index is -0.401. The molecule has 1 rings (SSSR count). The highest BCUT2D eigenvalue weighted by molar-refractivity contribution is 9.10. The lowest BCUT2D eigenvalue weighted by Gasteiger charge is -2.01. The van der Waals surface area contributed by atoms with Crippen molar-refractivity contribution in [1.82, 2.24) is 0 Å². The van der Waals surface area contributed by atoms with Gasteiger partial charge in [-0.05, 0) is 12.1 Å². The average molecular weight is 246 g/mol. The zero-order valence-corrected chi connectivity index (χ0v) is 8.32. The van der Waals surface area contributed by atoms with E-state index in [4.69, 9.17) is 0 Å². The number of hydrogen-bond donors (Lipinski definition) is 1. The summed E-state index contributed by atoms with van der Waals surface area (Å²) in [7, 11) is 0. The number of rotatable bonds is 3. The number of halogens is 1. The van der Waals surface area contributed by atoms with E-state index in [1.807, 2.05) is 0 Å². The minimum absolute atomic E-state index is 0.0937. The Morgan fingerprint density at radius 1 is 1.54 bits per heavy atom. The fourth-order valence-corrected chi connectivity index (χ4v) is 1.31. The van der Waals surface area contributed by atoms with Crippen LogP contribution in [0.2, 0.25) is 0 Å². The highest BCUT2D eigenvalue weighted by Crippen LogP contribution is 2.22. The third kappa shape index (κ3) is 3.02. The van der Waals surface area contributed by atoms with Crippen LogP contribution in [0.25, 0.3) is 0 Å². The van der Waals surface area contributed by atoms with Gasteiger partial charge in [0.1, 0.15) is 5.75 Å². The summed E-state index contributed by atoms with van der Waals surface area (Å²) in [5.41, 5.74) is 0.597. The molecule has 0 atom stereocenters. The molecule has 1 N–H and O–H groups in total. The van der Waals surface area contributed by atoms with Gasteiger partial charge in [0, 0.05) is 21.4 Å². The fraction of sp³-hybridized carbons (Fsp3) is 0.250. The molecule has 0 aliphatic rings. The molecule has 0 radical (unpaired) electrons. The third-order valence-corrected chi connectivity index (χ3v) is 2.10. The summed E-state index contributed by atoms with van der Waals surface area (Å²) in [6.45, 7) is -0.158. The van der Waals surface area contributed by atoms with Crippen LogP contribution in [0.1, 0.15) is 5.56 Å². The SMILES string of the molecule is O=[N+]([O-])CCc1ccc(Br)cc1O. The van der Waals surface area contributed by atoms with Crippen molar-refractivity contribution in [2.45, 2.75) is 6.42 Å². The lowest BCUT2D eigenvalue weighted by molar-refractivity contribution is -0.479. The van der Waals surface area contributed by atoms with Crippen molar-refractivity contribution in [2.75, 3.05) is 6.54 Å². The van der Waals surface area contributed by atoms with E-state index in [2.05, 4.69) is 15.9 Å². The van der Waals surface area contributed by atoms with Crippen molar-refractivity contribution in [2.24, 2.45) is 0 Å². The summed E-state index contributed by atoms with van der Waals surface area (Å²) in [6.07, 6.45) is 0.256. The quantitative estimate of drug-likeness (QED) is 0.655. The van der Waals surface area contributed by atoms with Crippen molar-refractivity contribution in [3.05, 3.63) is 38.3 Å². The summed E-state index contributed by atoms with van der Waals surface area (Å²) in [5, 5.41) is 19.4. The van der Waals surface area contributed by atoms with Gasteiger partial charge in [0.25, 0.3) is 0 Å². The van der Waals surface area contributed by atoms with Gasteiger partial charge in [0.05, 0.1) is 0 Å². The maximum absolute atomic E-state index is 10.1. The van der Waals surface area contributed by atoms with Crippen molar-refractivity contribution in [1.29, 1.82) is 0 Å². The predicted molar refractivity (Wildman–Crippen MR) is 51.4 cm³/mol. The van der Waals surface area contributed by atoms with Gasteiger partial charge < -0.3 is 5.11 Å². The Labute approximate surface area is 83.5 Å². The highest BCUT2D eigenvalue weighted by atomic mass is 79.9. The van der Waals surface area contributed by atoms with Crippen LogP contribution in [-0.4, -0.2) is 16.6 Å². The number of nitrogens with zero attached hydrogens (tertiary/aromatic N) is 1. The molecule has 0 heterocycles. The first-order valence-corrected chi connectivity index (χ1v) is 4.48. The van der Waals surface area contributed by atoms with Crippen LogP contribution in [0, 0.1) is 10.1 Å². The maximum Gasteiger partial charge on any atom is 0.208 e. The second kappa shape index (κ2) is 4.23. The van der Waals surface area contributed by atoms with Gasteiger partial charge in [-0.25, -0.2) is 0 Å². The van der Waals surface area contributed by atoms with Crippen LogP contribution in [0.3, 0.4) is 0 Å². The summed E-state index contributed by atoms with van der Waals surface area (Å²) in [4.78, 5) is 9.66. The first kappa shape index (κ1) is 9.98. The molecule has 70 valence electrons. The van der Waals surface area contributed by atoms with Crippen LogP contribution in [0.4, 0.5) is 0 Å². The minimum Gasteiger partial charge on any atom is -0.508 e. The smallest absolute Gasteiger partial charge is 0.208 e. The molecule has 0 unspecified atom stereocenters. The van der Waals surface area contributed by atoms with Crippen molar-refractivity contribution < 1.29 is 10.0 Å². The molecule has 0 aromatic heterocycles. The topological polar surface area (TPSA) is 63.4 Å². The van der Waals surface area contributed by atoms with E-state index in [0.717, 1.165) is 4.47 Å². The monoisotopic (exact) mass is 245 g/mol. The lowest BCUT2D eigenvalue weighted by Crippen LogP contribution is -2.03. The third-order valence-electron chi connectivity index (χ3n) is 1.61. The van der Waals surface area contributed by atoms with Gasteiger partial charge in [0.2, 0.25) is 6.54 Å². The van der Waals surface area contributed by atoms with E-state index in [1.54, 1.807) is 12.1 Å². The Kier molecular flexibility index (Phi) is 3.25. The number of phenolic OH excluding ortho intramolecular Hbond substituents is 1. The molecule has 0 fully saturated rings. The van der Waals surface area contributed by atoms with Crippen molar-refractivity contribution in [3.63, 3.8) is 0 Å². The van der Waals surface area contributed by atoms with Gasteiger partial charge in [-0.1, -0.05) is 22.0 Å². The Morgan fingerprint density at radius 3 is 2.77 bits per heavy atom. The van der Waals surface area contributed by atoms with Crippen LogP contribution in [0.5, 0.6) is 5.75 Å². The molecule has 0 aliphatic carbocycles. The van der Waals surface area contributed by atoms with Crippen LogP contribution >= 0.6 is 15.9 Å². The van der Waals surface area contributed by atoms with Gasteiger partial charge in [0.15, 0.2) is 0 Å². The van der Waals surface area contributed by atoms with E-state index in [0.29, 0.717) is 5.56 Å². The molecule has 5 heteroatoms. The number of nitro groups is 1. The Morgan fingerprint density at radius 2 is 2.23 bits per heavy atom. The van der Waals surface area contributed by atoms with E-state index < -0.39 is 4.92 Å². The van der Waals surface area contributed by atoms with E-state index in [1.165, 1.54) is 6.07 Å². The Balaban J connectivity index is 2.72. The second-order valence-electron chi connectivity index (χ2n) is 2.58. The molecule has 0 amide bonds. The number of aromatic hydroxyl groups is 1. The van der Waals surface area contributed by atoms with Gasteiger partial charge in [-0.15, -0.1) is 0 Å². The molecule has 1 aromatic carbocycles. The summed E-state index contributed by atoms with van der Waals surface area (Å²) in [6, 6.07) is 4.94. The molecule has 0 saturated heterocycles. The molecule has 0 spiro atoms. The number of hydrogen-bond acceptors (Lipinski definition) is 3. The molecule has 13 heavy (non-hydrogen) atoms. The number of benzene rings is 1. The zero-order valence-electron chi connectivity index (χ0n) is 6.74. The average Bonchev–Trinajstić information content (AvgIpc) is 2.02. The van der Waals surface area contributed by atoms with Gasteiger partial charge >= 0.3 is 0 Å². The van der Waals surface area contributed by atoms with Crippen molar-refractivity contribution >= 4 is 15.9 Å². The molecule has 4 nitrogen and oxygen atoms in total. The van der Waals surface area contributed by atoms with Crippen LogP contribution < -0.4 is 0 Å². The normalized spacial score (nSPS) is 9.92. The Hall–Kier alpha value is -1.10. The largest absolute Gasteiger partial charge is 0.508 e. The Bertz CT molecular complexity index is 327. The summed E-state index contributed by atoms with van der Waals surface area (Å²) in [5.74, 6) is 0.0937. The first-order chi connectivity index (χ1) is 6.09. The highest BCUT2D eigenvalue weighted by Gasteiger charge is 2.04. The first-order valence-electron chi connectivity index (χ1n) is 3.69. The zero-order chi connectivity index (χ0) is 9.84. The molecular formula is C8H8BrNO3. The van der Waals surface area contributed by atoms with Crippen LogP contribution in [0.15, 0.2) is 22.7 Å².